The van der Waals surface area contributed by atoms with Crippen molar-refractivity contribution in [1.29, 1.82) is 5.26 Å². The molecule has 1 rings (SSSR count). The van der Waals surface area contributed by atoms with E-state index in [-0.39, 0.29) is 17.7 Å². The predicted octanol–water partition coefficient (Wildman–Crippen LogP) is 1.51. The van der Waals surface area contributed by atoms with Crippen LogP contribution < -0.4 is 5.32 Å². The van der Waals surface area contributed by atoms with E-state index in [4.69, 9.17) is 5.26 Å². The van der Waals surface area contributed by atoms with E-state index in [1.165, 1.54) is 18.2 Å². The van der Waals surface area contributed by atoms with Gasteiger partial charge in [-0.1, -0.05) is 12.1 Å². The van der Waals surface area contributed by atoms with E-state index < -0.39 is 22.3 Å². The third-order valence-electron chi connectivity index (χ3n) is 2.28. The first-order chi connectivity index (χ1) is 9.49. The molecule has 0 spiro atoms. The first kappa shape index (κ1) is 14.9. The number of nitrogens with zero attached hydrogens (tertiary/aromatic N) is 2. The summed E-state index contributed by atoms with van der Waals surface area (Å²) in [4.78, 5) is 21.5. The Kier molecular flexibility index (Phi) is 5.00. The van der Waals surface area contributed by atoms with Crippen LogP contribution in [-0.4, -0.2) is 22.5 Å². The number of hydrogen-bond donors (Lipinski definition) is 2. The molecule has 0 saturated heterocycles. The Balaban J connectivity index is 3.11. The van der Waals surface area contributed by atoms with E-state index in [1.807, 2.05) is 0 Å². The summed E-state index contributed by atoms with van der Waals surface area (Å²) in [5, 5.41) is 31.3. The molecule has 2 N–H and O–H groups in total. The van der Waals surface area contributed by atoms with Gasteiger partial charge in [-0.2, -0.15) is 5.26 Å². The predicted molar refractivity (Wildman–Crippen MR) is 71.6 cm³/mol. The van der Waals surface area contributed by atoms with Crippen LogP contribution in [0.5, 0.6) is 5.75 Å². The third kappa shape index (κ3) is 3.68. The van der Waals surface area contributed by atoms with Gasteiger partial charge in [0.2, 0.25) is 0 Å². The van der Waals surface area contributed by atoms with Gasteiger partial charge in [0.15, 0.2) is 5.75 Å². The molecular weight excluding hydrogens is 262 g/mol. The molecule has 1 aromatic carbocycles. The first-order valence-corrected chi connectivity index (χ1v) is 5.48. The fraction of sp³-hybridized carbons (Fsp3) is 0.0769. The first-order valence-electron chi connectivity index (χ1n) is 5.48. The maximum absolute atomic E-state index is 11.6. The molecule has 7 heteroatoms. The van der Waals surface area contributed by atoms with Gasteiger partial charge in [0.25, 0.3) is 5.91 Å². The highest BCUT2D eigenvalue weighted by Crippen LogP contribution is 2.27. The quantitative estimate of drug-likeness (QED) is 0.277. The van der Waals surface area contributed by atoms with Crippen molar-refractivity contribution >= 4 is 17.7 Å². The van der Waals surface area contributed by atoms with Crippen LogP contribution in [-0.2, 0) is 4.79 Å². The Morgan fingerprint density at radius 1 is 1.60 bits per heavy atom. The number of aromatic hydroxyl groups is 1. The fourth-order valence-electron chi connectivity index (χ4n) is 1.35. The van der Waals surface area contributed by atoms with Crippen LogP contribution in [0.25, 0.3) is 6.08 Å². The van der Waals surface area contributed by atoms with Crippen molar-refractivity contribution in [3.8, 4) is 11.8 Å². The number of hydrogen-bond acceptors (Lipinski definition) is 5. The number of nitro benzene ring substituents is 1. The van der Waals surface area contributed by atoms with Crippen LogP contribution in [0.1, 0.15) is 5.56 Å². The van der Waals surface area contributed by atoms with Crippen molar-refractivity contribution in [2.45, 2.75) is 0 Å². The van der Waals surface area contributed by atoms with Crippen LogP contribution in [0, 0.1) is 21.4 Å². The molecule has 0 aromatic heterocycles. The molecule has 0 unspecified atom stereocenters. The SMILES string of the molecule is C=CCNC(=O)/C(C#N)=C\c1ccc(O)c([N+](=O)[O-])c1. The minimum absolute atomic E-state index is 0.202. The molecule has 0 bridgehead atoms. The summed E-state index contributed by atoms with van der Waals surface area (Å²) in [6.45, 7) is 3.62. The molecule has 0 saturated carbocycles. The van der Waals surface area contributed by atoms with Crippen LogP contribution in [0.2, 0.25) is 0 Å². The van der Waals surface area contributed by atoms with Crippen LogP contribution in [0.15, 0.2) is 36.4 Å². The number of rotatable bonds is 5. The molecule has 1 amide bonds. The monoisotopic (exact) mass is 273 g/mol. The second-order valence-corrected chi connectivity index (χ2v) is 3.67. The molecule has 1 aromatic rings. The topological polar surface area (TPSA) is 116 Å². The van der Waals surface area contributed by atoms with Crippen molar-refractivity contribution in [2.75, 3.05) is 6.54 Å². The maximum atomic E-state index is 11.6. The van der Waals surface area contributed by atoms with Gasteiger partial charge < -0.3 is 10.4 Å². The summed E-state index contributed by atoms with van der Waals surface area (Å²) in [6, 6.07) is 5.27. The highest BCUT2D eigenvalue weighted by Gasteiger charge is 2.14. The average Bonchev–Trinajstić information content (AvgIpc) is 2.43. The number of nitriles is 1. The highest BCUT2D eigenvalue weighted by molar-refractivity contribution is 6.01. The lowest BCUT2D eigenvalue weighted by molar-refractivity contribution is -0.385. The zero-order valence-corrected chi connectivity index (χ0v) is 10.4. The van der Waals surface area contributed by atoms with Gasteiger partial charge in [0.1, 0.15) is 11.6 Å². The second kappa shape index (κ2) is 6.70. The Hall–Kier alpha value is -3.14. The van der Waals surface area contributed by atoms with Crippen LogP contribution >= 0.6 is 0 Å². The van der Waals surface area contributed by atoms with Gasteiger partial charge in [0, 0.05) is 12.6 Å². The van der Waals surface area contributed by atoms with Crippen molar-refractivity contribution in [1.82, 2.24) is 5.32 Å². The third-order valence-corrected chi connectivity index (χ3v) is 2.28. The fourth-order valence-corrected chi connectivity index (χ4v) is 1.35. The number of benzene rings is 1. The molecule has 7 nitrogen and oxygen atoms in total. The number of carbonyl (C=O) groups is 1. The van der Waals surface area contributed by atoms with Gasteiger partial charge >= 0.3 is 5.69 Å². The van der Waals surface area contributed by atoms with Crippen molar-refractivity contribution in [2.24, 2.45) is 0 Å². The summed E-state index contributed by atoms with van der Waals surface area (Å²) in [5.74, 6) is -1.09. The van der Waals surface area contributed by atoms with Gasteiger partial charge in [-0.25, -0.2) is 0 Å². The summed E-state index contributed by atoms with van der Waals surface area (Å²) < 4.78 is 0. The standard InChI is InChI=1S/C13H11N3O4/c1-2-5-15-13(18)10(8-14)6-9-3-4-12(17)11(7-9)16(19)20/h2-4,6-7,17H,1,5H2,(H,15,18)/b10-6-. The summed E-state index contributed by atoms with van der Waals surface area (Å²) in [7, 11) is 0. The smallest absolute Gasteiger partial charge is 0.311 e. The van der Waals surface area contributed by atoms with Gasteiger partial charge in [-0.3, -0.25) is 14.9 Å². The summed E-state index contributed by atoms with van der Waals surface area (Å²) in [6.07, 6.45) is 2.66. The molecule has 0 atom stereocenters. The van der Waals surface area contributed by atoms with E-state index in [0.717, 1.165) is 12.1 Å². The van der Waals surface area contributed by atoms with Crippen LogP contribution in [0.4, 0.5) is 5.69 Å². The van der Waals surface area contributed by atoms with Crippen molar-refractivity contribution < 1.29 is 14.8 Å². The normalized spacial score (nSPS) is 10.4. The Morgan fingerprint density at radius 2 is 2.30 bits per heavy atom. The Morgan fingerprint density at radius 3 is 2.85 bits per heavy atom. The molecule has 102 valence electrons. The van der Waals surface area contributed by atoms with E-state index in [9.17, 15) is 20.0 Å². The second-order valence-electron chi connectivity index (χ2n) is 3.67. The number of carbonyl (C=O) groups excluding carboxylic acids is 1. The number of phenolic OH excluding ortho intramolecular Hbond substituents is 1. The zero-order valence-electron chi connectivity index (χ0n) is 10.4. The summed E-state index contributed by atoms with van der Waals surface area (Å²) in [5.41, 5.74) is -0.436. The molecule has 0 aliphatic carbocycles. The number of amides is 1. The minimum atomic E-state index is -0.753. The molecule has 0 aliphatic heterocycles. The molecule has 0 radical (unpaired) electrons. The van der Waals surface area contributed by atoms with E-state index in [0.29, 0.717) is 0 Å². The molecule has 0 aliphatic rings. The highest BCUT2D eigenvalue weighted by atomic mass is 16.6. The molecule has 0 fully saturated rings. The van der Waals surface area contributed by atoms with Gasteiger partial charge in [0.05, 0.1) is 4.92 Å². The molecule has 20 heavy (non-hydrogen) atoms. The van der Waals surface area contributed by atoms with E-state index >= 15 is 0 Å². The Labute approximate surface area is 114 Å². The maximum Gasteiger partial charge on any atom is 0.311 e. The van der Waals surface area contributed by atoms with Crippen molar-refractivity contribution in [3.63, 3.8) is 0 Å². The van der Waals surface area contributed by atoms with E-state index in [1.54, 1.807) is 6.07 Å². The minimum Gasteiger partial charge on any atom is -0.502 e. The zero-order chi connectivity index (χ0) is 15.1. The number of nitrogens with one attached hydrogen (secondary N) is 1. The lowest BCUT2D eigenvalue weighted by Gasteiger charge is -2.01. The Bertz CT molecular complexity index is 629. The average molecular weight is 273 g/mol. The summed E-state index contributed by atoms with van der Waals surface area (Å²) >= 11 is 0. The van der Waals surface area contributed by atoms with Crippen LogP contribution in [0.3, 0.4) is 0 Å². The molecular formula is C13H11N3O4. The lowest BCUT2D eigenvalue weighted by atomic mass is 10.1. The van der Waals surface area contributed by atoms with Gasteiger partial charge in [-0.05, 0) is 17.7 Å². The number of nitro groups is 1. The largest absolute Gasteiger partial charge is 0.502 e. The lowest BCUT2D eigenvalue weighted by Crippen LogP contribution is -2.24. The van der Waals surface area contributed by atoms with Crippen molar-refractivity contribution in [3.05, 3.63) is 52.1 Å². The van der Waals surface area contributed by atoms with Gasteiger partial charge in [-0.15, -0.1) is 6.58 Å². The van der Waals surface area contributed by atoms with E-state index in [2.05, 4.69) is 11.9 Å². The number of phenols is 1. The molecule has 0 heterocycles.